The lowest BCUT2D eigenvalue weighted by Gasteiger charge is -2.20. The Bertz CT molecular complexity index is 474. The van der Waals surface area contributed by atoms with E-state index < -0.39 is 29.7 Å². The summed E-state index contributed by atoms with van der Waals surface area (Å²) in [5.41, 5.74) is 0.519. The summed E-state index contributed by atoms with van der Waals surface area (Å²) >= 11 is 0. The van der Waals surface area contributed by atoms with Crippen LogP contribution in [0, 0.1) is 11.7 Å². The molecule has 2 atom stereocenters. The number of carbonyl (C=O) groups excluding carboxylic acids is 1. The number of carbonyl (C=O) groups is 2. The topological polar surface area (TPSA) is 66.4 Å². The third kappa shape index (κ3) is 4.05. The molecule has 0 radical (unpaired) electrons. The second-order valence-corrected chi connectivity index (χ2v) is 4.85. The Morgan fingerprint density at radius 1 is 1.26 bits per heavy atom. The lowest BCUT2D eigenvalue weighted by molar-refractivity contribution is -0.143. The van der Waals surface area contributed by atoms with E-state index in [0.717, 1.165) is 0 Å². The van der Waals surface area contributed by atoms with E-state index in [-0.39, 0.29) is 5.92 Å². The van der Waals surface area contributed by atoms with E-state index in [0.29, 0.717) is 5.56 Å². The average Bonchev–Trinajstić information content (AvgIpc) is 2.33. The van der Waals surface area contributed by atoms with E-state index in [1.54, 1.807) is 26.8 Å². The second-order valence-electron chi connectivity index (χ2n) is 4.85. The second kappa shape index (κ2) is 6.31. The predicted octanol–water partition coefficient (Wildman–Crippen LogP) is 2.15. The number of hydrogen-bond acceptors (Lipinski definition) is 2. The highest BCUT2D eigenvalue weighted by Gasteiger charge is 2.26. The Kier molecular flexibility index (Phi) is 5.03. The zero-order chi connectivity index (χ0) is 14.6. The Balaban J connectivity index is 2.80. The maximum Gasteiger partial charge on any atom is 0.326 e. The predicted molar refractivity (Wildman–Crippen MR) is 69.2 cm³/mol. The largest absolute Gasteiger partial charge is 0.480 e. The lowest BCUT2D eigenvalue weighted by atomic mass is 9.98. The first-order valence-electron chi connectivity index (χ1n) is 6.11. The van der Waals surface area contributed by atoms with Gasteiger partial charge in [0.15, 0.2) is 0 Å². The number of carboxylic acid groups (broad SMARTS) is 1. The first-order chi connectivity index (χ1) is 8.82. The minimum absolute atomic E-state index is 0.221. The van der Waals surface area contributed by atoms with Gasteiger partial charge in [-0.25, -0.2) is 9.18 Å². The lowest BCUT2D eigenvalue weighted by Crippen LogP contribution is -2.45. The van der Waals surface area contributed by atoms with Gasteiger partial charge in [-0.05, 0) is 30.5 Å². The van der Waals surface area contributed by atoms with E-state index in [1.165, 1.54) is 18.2 Å². The van der Waals surface area contributed by atoms with Gasteiger partial charge in [0.1, 0.15) is 11.9 Å². The normalized spacial score (nSPS) is 13.9. The van der Waals surface area contributed by atoms with Gasteiger partial charge in [0.2, 0.25) is 5.91 Å². The molecular weight excluding hydrogens is 249 g/mol. The fourth-order valence-corrected chi connectivity index (χ4v) is 1.72. The molecule has 0 spiro atoms. The zero-order valence-corrected chi connectivity index (χ0v) is 11.2. The smallest absolute Gasteiger partial charge is 0.326 e. The molecule has 0 unspecified atom stereocenters. The van der Waals surface area contributed by atoms with Gasteiger partial charge in [-0.15, -0.1) is 0 Å². The van der Waals surface area contributed by atoms with Crippen LogP contribution in [0.1, 0.15) is 32.3 Å². The monoisotopic (exact) mass is 267 g/mol. The van der Waals surface area contributed by atoms with Crippen molar-refractivity contribution in [2.75, 3.05) is 0 Å². The minimum atomic E-state index is -1.07. The van der Waals surface area contributed by atoms with Crippen molar-refractivity contribution in [2.24, 2.45) is 5.92 Å². The molecule has 0 bridgehead atoms. The molecule has 0 saturated carbocycles. The van der Waals surface area contributed by atoms with E-state index >= 15 is 0 Å². The molecule has 5 heteroatoms. The molecule has 0 aliphatic rings. The van der Waals surface area contributed by atoms with Gasteiger partial charge in [0.05, 0.1) is 5.92 Å². The summed E-state index contributed by atoms with van der Waals surface area (Å²) in [7, 11) is 0. The van der Waals surface area contributed by atoms with Gasteiger partial charge in [-0.3, -0.25) is 4.79 Å². The molecule has 104 valence electrons. The Morgan fingerprint density at radius 3 is 2.37 bits per heavy atom. The summed E-state index contributed by atoms with van der Waals surface area (Å²) in [5.74, 6) is -2.74. The molecule has 0 fully saturated rings. The third-order valence-electron chi connectivity index (χ3n) is 2.97. The van der Waals surface area contributed by atoms with Crippen LogP contribution in [-0.2, 0) is 9.59 Å². The van der Waals surface area contributed by atoms with Crippen LogP contribution in [0.3, 0.4) is 0 Å². The highest BCUT2D eigenvalue weighted by molar-refractivity contribution is 5.87. The summed E-state index contributed by atoms with van der Waals surface area (Å²) in [5, 5.41) is 11.5. The molecule has 1 rings (SSSR count). The molecule has 0 saturated heterocycles. The van der Waals surface area contributed by atoms with E-state index in [1.807, 2.05) is 0 Å². The van der Waals surface area contributed by atoms with Gasteiger partial charge in [-0.2, -0.15) is 0 Å². The van der Waals surface area contributed by atoms with Gasteiger partial charge < -0.3 is 10.4 Å². The number of amides is 1. The first kappa shape index (κ1) is 15.1. The molecule has 0 aliphatic heterocycles. The molecular formula is C14H18FNO3. The fraction of sp³-hybridized carbons (Fsp3) is 0.429. The summed E-state index contributed by atoms with van der Waals surface area (Å²) in [6.45, 7) is 5.04. The van der Waals surface area contributed by atoms with Gasteiger partial charge in [0, 0.05) is 0 Å². The van der Waals surface area contributed by atoms with Crippen molar-refractivity contribution in [3.63, 3.8) is 0 Å². The van der Waals surface area contributed by atoms with Gasteiger partial charge in [0.25, 0.3) is 0 Å². The highest BCUT2D eigenvalue weighted by atomic mass is 19.1. The molecule has 4 nitrogen and oxygen atoms in total. The molecule has 19 heavy (non-hydrogen) atoms. The van der Waals surface area contributed by atoms with Crippen molar-refractivity contribution >= 4 is 11.9 Å². The Labute approximate surface area is 111 Å². The molecule has 2 N–H and O–H groups in total. The maximum absolute atomic E-state index is 13.1. The van der Waals surface area contributed by atoms with E-state index in [9.17, 15) is 14.0 Å². The maximum atomic E-state index is 13.1. The number of rotatable bonds is 5. The molecule has 1 amide bonds. The van der Waals surface area contributed by atoms with Crippen molar-refractivity contribution in [2.45, 2.75) is 32.7 Å². The Morgan fingerprint density at radius 2 is 1.89 bits per heavy atom. The summed E-state index contributed by atoms with van der Waals surface area (Å²) in [4.78, 5) is 23.0. The van der Waals surface area contributed by atoms with Crippen molar-refractivity contribution in [3.8, 4) is 0 Å². The van der Waals surface area contributed by atoms with Crippen LogP contribution in [0.15, 0.2) is 24.3 Å². The van der Waals surface area contributed by atoms with Crippen LogP contribution in [0.5, 0.6) is 0 Å². The number of benzene rings is 1. The van der Waals surface area contributed by atoms with E-state index in [2.05, 4.69) is 5.32 Å². The van der Waals surface area contributed by atoms with Crippen molar-refractivity contribution < 1.29 is 19.1 Å². The third-order valence-corrected chi connectivity index (χ3v) is 2.97. The van der Waals surface area contributed by atoms with Gasteiger partial charge >= 0.3 is 5.97 Å². The van der Waals surface area contributed by atoms with Crippen molar-refractivity contribution in [1.29, 1.82) is 0 Å². The van der Waals surface area contributed by atoms with Gasteiger partial charge in [-0.1, -0.05) is 26.0 Å². The van der Waals surface area contributed by atoms with Crippen LogP contribution in [-0.4, -0.2) is 23.0 Å². The average molecular weight is 267 g/mol. The van der Waals surface area contributed by atoms with Crippen LogP contribution in [0.25, 0.3) is 0 Å². The zero-order valence-electron chi connectivity index (χ0n) is 11.2. The summed E-state index contributed by atoms with van der Waals surface area (Å²) in [6, 6.07) is 4.78. The fourth-order valence-electron chi connectivity index (χ4n) is 1.72. The number of aliphatic carboxylic acids is 1. The number of carboxylic acids is 1. The minimum Gasteiger partial charge on any atom is -0.480 e. The standard InChI is InChI=1S/C14H18FNO3/c1-8(2)12(14(18)19)16-13(17)9(3)10-5-4-6-11(15)7-10/h4-9,12H,1-3H3,(H,16,17)(H,18,19)/t9-,12-/m0/s1. The van der Waals surface area contributed by atoms with E-state index in [4.69, 9.17) is 5.11 Å². The molecule has 1 aromatic carbocycles. The Hall–Kier alpha value is -1.91. The summed E-state index contributed by atoms with van der Waals surface area (Å²) < 4.78 is 13.1. The van der Waals surface area contributed by atoms with Crippen LogP contribution in [0.2, 0.25) is 0 Å². The van der Waals surface area contributed by atoms with Crippen LogP contribution < -0.4 is 5.32 Å². The van der Waals surface area contributed by atoms with Crippen molar-refractivity contribution in [1.82, 2.24) is 5.32 Å². The quantitative estimate of drug-likeness (QED) is 0.859. The molecule has 0 aromatic heterocycles. The number of halogens is 1. The SMILES string of the molecule is CC(C)[C@H](NC(=O)[C@@H](C)c1cccc(F)c1)C(=O)O. The van der Waals surface area contributed by atoms with Crippen LogP contribution >= 0.6 is 0 Å². The molecule has 0 heterocycles. The highest BCUT2D eigenvalue weighted by Crippen LogP contribution is 2.17. The molecule has 1 aromatic rings. The summed E-state index contributed by atoms with van der Waals surface area (Å²) in [6.07, 6.45) is 0. The first-order valence-corrected chi connectivity index (χ1v) is 6.11. The number of hydrogen-bond donors (Lipinski definition) is 2. The molecule has 0 aliphatic carbocycles. The number of nitrogens with one attached hydrogen (secondary N) is 1. The van der Waals surface area contributed by atoms with Crippen molar-refractivity contribution in [3.05, 3.63) is 35.6 Å². The van der Waals surface area contributed by atoms with Crippen LogP contribution in [0.4, 0.5) is 4.39 Å².